The van der Waals surface area contributed by atoms with E-state index in [1.165, 1.54) is 36.4 Å². The van der Waals surface area contributed by atoms with Gasteiger partial charge < -0.3 is 9.47 Å². The van der Waals surface area contributed by atoms with Crippen LogP contribution in [-0.4, -0.2) is 31.8 Å². The number of benzene rings is 1. The second-order valence-corrected chi connectivity index (χ2v) is 5.79. The van der Waals surface area contributed by atoms with Gasteiger partial charge >= 0.3 is 17.7 Å². The first-order chi connectivity index (χ1) is 12.9. The van der Waals surface area contributed by atoms with Crippen molar-refractivity contribution in [1.29, 1.82) is 0 Å². The number of nitrogens with zero attached hydrogens (tertiary/aromatic N) is 4. The number of aromatic nitrogens is 4. The SMILES string of the molecule is C=CCn1c(Oc2cccc(C(=O)OC)c2)nc2c1c(=O)n(C)c(=O)n2C. The van der Waals surface area contributed by atoms with Crippen molar-refractivity contribution in [2.24, 2.45) is 14.1 Å². The number of ether oxygens (including phenoxy) is 2. The number of allylic oxidation sites excluding steroid dienone is 1. The number of methoxy groups -OCH3 is 1. The molecule has 0 fully saturated rings. The van der Waals surface area contributed by atoms with Gasteiger partial charge in [-0.05, 0) is 18.2 Å². The summed E-state index contributed by atoms with van der Waals surface area (Å²) in [7, 11) is 4.21. The van der Waals surface area contributed by atoms with Crippen LogP contribution < -0.4 is 16.0 Å². The molecule has 27 heavy (non-hydrogen) atoms. The summed E-state index contributed by atoms with van der Waals surface area (Å²) >= 11 is 0. The van der Waals surface area contributed by atoms with Gasteiger partial charge in [0, 0.05) is 20.6 Å². The summed E-state index contributed by atoms with van der Waals surface area (Å²) in [5.74, 6) is -0.170. The van der Waals surface area contributed by atoms with Crippen LogP contribution in [0.1, 0.15) is 10.4 Å². The maximum Gasteiger partial charge on any atom is 0.337 e. The minimum atomic E-state index is -0.503. The van der Waals surface area contributed by atoms with Crippen LogP contribution in [0.2, 0.25) is 0 Å². The Morgan fingerprint density at radius 2 is 2.00 bits per heavy atom. The lowest BCUT2D eigenvalue weighted by atomic mass is 10.2. The van der Waals surface area contributed by atoms with E-state index in [1.54, 1.807) is 24.3 Å². The van der Waals surface area contributed by atoms with E-state index in [2.05, 4.69) is 11.6 Å². The van der Waals surface area contributed by atoms with Crippen LogP contribution in [0.4, 0.5) is 0 Å². The van der Waals surface area contributed by atoms with Gasteiger partial charge in [0.2, 0.25) is 0 Å². The molecule has 0 atom stereocenters. The summed E-state index contributed by atoms with van der Waals surface area (Å²) in [6.45, 7) is 3.93. The predicted molar refractivity (Wildman–Crippen MR) is 98.3 cm³/mol. The first kappa shape index (κ1) is 18.2. The summed E-state index contributed by atoms with van der Waals surface area (Å²) in [4.78, 5) is 40.7. The first-order valence-corrected chi connectivity index (χ1v) is 8.02. The number of imidazole rings is 1. The fourth-order valence-corrected chi connectivity index (χ4v) is 2.71. The topological polar surface area (TPSA) is 97.3 Å². The Balaban J connectivity index is 2.19. The Morgan fingerprint density at radius 1 is 1.26 bits per heavy atom. The molecular formula is C18H18N4O5. The third-order valence-electron chi connectivity index (χ3n) is 4.09. The summed E-state index contributed by atoms with van der Waals surface area (Å²) in [5.41, 5.74) is -0.247. The number of esters is 1. The van der Waals surface area contributed by atoms with Crippen LogP contribution in [0.3, 0.4) is 0 Å². The highest BCUT2D eigenvalue weighted by Crippen LogP contribution is 2.25. The molecule has 140 valence electrons. The Kier molecular flexibility index (Phi) is 4.68. The minimum Gasteiger partial charge on any atom is -0.465 e. The van der Waals surface area contributed by atoms with Crippen LogP contribution in [0.25, 0.3) is 11.2 Å². The van der Waals surface area contributed by atoms with Crippen molar-refractivity contribution in [2.75, 3.05) is 7.11 Å². The molecular weight excluding hydrogens is 352 g/mol. The lowest BCUT2D eigenvalue weighted by Gasteiger charge is -2.08. The number of aryl methyl sites for hydroxylation is 1. The van der Waals surface area contributed by atoms with Crippen LogP contribution in [0.15, 0.2) is 46.5 Å². The zero-order chi connectivity index (χ0) is 19.7. The quantitative estimate of drug-likeness (QED) is 0.494. The fraction of sp³-hybridized carbons (Fsp3) is 0.222. The lowest BCUT2D eigenvalue weighted by Crippen LogP contribution is -2.37. The average molecular weight is 370 g/mol. The number of rotatable bonds is 5. The van der Waals surface area contributed by atoms with Crippen molar-refractivity contribution in [3.63, 3.8) is 0 Å². The van der Waals surface area contributed by atoms with E-state index in [1.807, 2.05) is 0 Å². The molecule has 0 aliphatic carbocycles. The molecule has 0 unspecified atom stereocenters. The van der Waals surface area contributed by atoms with Crippen LogP contribution in [-0.2, 0) is 25.4 Å². The maximum atomic E-state index is 12.6. The highest BCUT2D eigenvalue weighted by molar-refractivity contribution is 5.89. The summed E-state index contributed by atoms with van der Waals surface area (Å²) in [6.07, 6.45) is 1.59. The fourth-order valence-electron chi connectivity index (χ4n) is 2.71. The molecule has 0 N–H and O–H groups in total. The van der Waals surface area contributed by atoms with Crippen molar-refractivity contribution in [1.82, 2.24) is 18.7 Å². The molecule has 1 aromatic carbocycles. The zero-order valence-electron chi connectivity index (χ0n) is 15.1. The molecule has 0 radical (unpaired) electrons. The normalized spacial score (nSPS) is 10.8. The molecule has 0 aliphatic heterocycles. The van der Waals surface area contributed by atoms with E-state index < -0.39 is 17.2 Å². The van der Waals surface area contributed by atoms with Crippen molar-refractivity contribution < 1.29 is 14.3 Å². The summed E-state index contributed by atoms with van der Waals surface area (Å²) in [6, 6.07) is 6.47. The van der Waals surface area contributed by atoms with Gasteiger partial charge in [0.25, 0.3) is 5.56 Å². The zero-order valence-corrected chi connectivity index (χ0v) is 15.1. The lowest BCUT2D eigenvalue weighted by molar-refractivity contribution is 0.0600. The number of hydrogen-bond donors (Lipinski definition) is 0. The Labute approximate surface area is 153 Å². The number of fused-ring (bicyclic) bond motifs is 1. The molecule has 0 saturated carbocycles. The van der Waals surface area contributed by atoms with Crippen LogP contribution >= 0.6 is 0 Å². The average Bonchev–Trinajstić information content (AvgIpc) is 3.02. The van der Waals surface area contributed by atoms with Gasteiger partial charge in [0.1, 0.15) is 5.75 Å². The van der Waals surface area contributed by atoms with E-state index in [9.17, 15) is 14.4 Å². The van der Waals surface area contributed by atoms with Gasteiger partial charge in [0.15, 0.2) is 11.2 Å². The van der Waals surface area contributed by atoms with Gasteiger partial charge in [-0.2, -0.15) is 4.98 Å². The number of hydrogen-bond acceptors (Lipinski definition) is 6. The second kappa shape index (κ2) is 6.94. The van der Waals surface area contributed by atoms with Gasteiger partial charge in [0.05, 0.1) is 12.7 Å². The Bertz CT molecular complexity index is 1170. The van der Waals surface area contributed by atoms with Gasteiger partial charge in [-0.3, -0.25) is 18.5 Å². The summed E-state index contributed by atoms with van der Waals surface area (Å²) in [5, 5.41) is 0. The summed E-state index contributed by atoms with van der Waals surface area (Å²) < 4.78 is 14.3. The Hall–Kier alpha value is -3.62. The number of carbonyl (C=O) groups is 1. The maximum absolute atomic E-state index is 12.6. The van der Waals surface area contributed by atoms with Crippen molar-refractivity contribution in [3.05, 3.63) is 63.3 Å². The molecule has 0 spiro atoms. The van der Waals surface area contributed by atoms with Crippen LogP contribution in [0, 0.1) is 0 Å². The standard InChI is InChI=1S/C18H18N4O5/c1-5-9-22-13-14(20(2)18(25)21(3)15(13)23)19-17(22)27-12-8-6-7-11(10-12)16(24)26-4/h5-8,10H,1,9H2,2-4H3. The first-order valence-electron chi connectivity index (χ1n) is 8.02. The Morgan fingerprint density at radius 3 is 2.67 bits per heavy atom. The van der Waals surface area contributed by atoms with E-state index in [-0.39, 0.29) is 23.7 Å². The smallest absolute Gasteiger partial charge is 0.337 e. The molecule has 0 saturated heterocycles. The van der Waals surface area contributed by atoms with Crippen molar-refractivity contribution in [3.8, 4) is 11.8 Å². The van der Waals surface area contributed by atoms with Gasteiger partial charge in [-0.1, -0.05) is 12.1 Å². The molecule has 2 heterocycles. The van der Waals surface area contributed by atoms with Crippen molar-refractivity contribution in [2.45, 2.75) is 6.54 Å². The molecule has 2 aromatic heterocycles. The largest absolute Gasteiger partial charge is 0.465 e. The third kappa shape index (κ3) is 3.03. The number of carbonyl (C=O) groups excluding carboxylic acids is 1. The highest BCUT2D eigenvalue weighted by atomic mass is 16.5. The molecule has 9 heteroatoms. The van der Waals surface area contributed by atoms with Gasteiger partial charge in [-0.25, -0.2) is 9.59 Å². The molecule has 0 aliphatic rings. The monoisotopic (exact) mass is 370 g/mol. The molecule has 9 nitrogen and oxygen atoms in total. The molecule has 3 aromatic rings. The van der Waals surface area contributed by atoms with Crippen molar-refractivity contribution >= 4 is 17.1 Å². The van der Waals surface area contributed by atoms with Gasteiger partial charge in [-0.15, -0.1) is 6.58 Å². The minimum absolute atomic E-state index is 0.102. The molecule has 0 bridgehead atoms. The highest BCUT2D eigenvalue weighted by Gasteiger charge is 2.20. The second-order valence-electron chi connectivity index (χ2n) is 5.79. The van der Waals surface area contributed by atoms with Crippen LogP contribution in [0.5, 0.6) is 11.8 Å². The van der Waals surface area contributed by atoms with E-state index in [0.717, 1.165) is 4.57 Å². The molecule has 0 amide bonds. The van der Waals surface area contributed by atoms with E-state index >= 15 is 0 Å². The van der Waals surface area contributed by atoms with E-state index in [4.69, 9.17) is 9.47 Å². The van der Waals surface area contributed by atoms with E-state index in [0.29, 0.717) is 11.3 Å². The molecule has 3 rings (SSSR count). The predicted octanol–water partition coefficient (Wildman–Crippen LogP) is 1.20. The third-order valence-corrected chi connectivity index (χ3v) is 4.09.